The Labute approximate surface area is 192 Å². The number of fused-ring (bicyclic) bond motifs is 4. The maximum atomic E-state index is 6.07. The molecule has 0 amide bonds. The van der Waals surface area contributed by atoms with Gasteiger partial charge in [-0.25, -0.2) is 4.98 Å². The standard InChI is InChI=1S/C29H24N2O2/c1-29(2)21-10-8-13-25(27(21)19-16-15-18(32-3)17-22(19)29)30-23-11-5-4-9-20(23)28-31-24-12-6-7-14-26(24)33-28/h4-17,30H,1-3H3. The van der Waals surface area contributed by atoms with E-state index < -0.39 is 0 Å². The van der Waals surface area contributed by atoms with Crippen LogP contribution in [-0.4, -0.2) is 12.1 Å². The third kappa shape index (κ3) is 3.02. The summed E-state index contributed by atoms with van der Waals surface area (Å²) < 4.78 is 11.6. The molecule has 0 saturated heterocycles. The molecule has 162 valence electrons. The molecule has 0 bridgehead atoms. The highest BCUT2D eigenvalue weighted by molar-refractivity contribution is 5.93. The highest BCUT2D eigenvalue weighted by Crippen LogP contribution is 2.52. The first-order valence-corrected chi connectivity index (χ1v) is 11.1. The molecule has 6 rings (SSSR count). The molecule has 1 aromatic heterocycles. The fourth-order valence-electron chi connectivity index (χ4n) is 4.91. The number of aromatic nitrogens is 1. The van der Waals surface area contributed by atoms with Crippen LogP contribution >= 0.6 is 0 Å². The van der Waals surface area contributed by atoms with Crippen LogP contribution in [-0.2, 0) is 5.41 Å². The summed E-state index contributed by atoms with van der Waals surface area (Å²) in [5, 5.41) is 3.69. The molecular weight excluding hydrogens is 408 g/mol. The Hall–Kier alpha value is -4.05. The SMILES string of the molecule is COc1ccc2c(c1)C(C)(C)c1cccc(Nc3ccccc3-c3nc4ccccc4o3)c1-2. The minimum Gasteiger partial charge on any atom is -0.497 e. The number of benzene rings is 4. The van der Waals surface area contributed by atoms with Crippen LogP contribution in [0, 0.1) is 0 Å². The molecule has 0 unspecified atom stereocenters. The number of nitrogens with one attached hydrogen (secondary N) is 1. The summed E-state index contributed by atoms with van der Waals surface area (Å²) in [6.07, 6.45) is 0. The first kappa shape index (κ1) is 19.6. The van der Waals surface area contributed by atoms with Crippen molar-refractivity contribution in [2.24, 2.45) is 0 Å². The number of methoxy groups -OCH3 is 1. The van der Waals surface area contributed by atoms with Gasteiger partial charge in [-0.15, -0.1) is 0 Å². The zero-order valence-electron chi connectivity index (χ0n) is 18.8. The van der Waals surface area contributed by atoms with Crippen molar-refractivity contribution in [2.75, 3.05) is 12.4 Å². The maximum absolute atomic E-state index is 6.07. The summed E-state index contributed by atoms with van der Waals surface area (Å²) in [6, 6.07) is 28.8. The van der Waals surface area contributed by atoms with Crippen molar-refractivity contribution in [1.29, 1.82) is 0 Å². The van der Waals surface area contributed by atoms with Gasteiger partial charge < -0.3 is 14.5 Å². The molecule has 0 atom stereocenters. The molecule has 0 saturated carbocycles. The molecule has 4 nitrogen and oxygen atoms in total. The van der Waals surface area contributed by atoms with Gasteiger partial charge in [0.15, 0.2) is 5.58 Å². The normalized spacial score (nSPS) is 13.5. The molecule has 1 aliphatic carbocycles. The molecule has 0 fully saturated rings. The molecule has 33 heavy (non-hydrogen) atoms. The fraction of sp³-hybridized carbons (Fsp3) is 0.138. The van der Waals surface area contributed by atoms with Gasteiger partial charge in [0.1, 0.15) is 11.3 Å². The van der Waals surface area contributed by atoms with E-state index in [0.29, 0.717) is 5.89 Å². The fourth-order valence-corrected chi connectivity index (χ4v) is 4.91. The van der Waals surface area contributed by atoms with Gasteiger partial charge in [0.05, 0.1) is 18.4 Å². The predicted octanol–water partition coefficient (Wildman–Crippen LogP) is 7.55. The van der Waals surface area contributed by atoms with Crippen molar-refractivity contribution in [3.8, 4) is 28.3 Å². The summed E-state index contributed by atoms with van der Waals surface area (Å²) in [5.74, 6) is 1.49. The van der Waals surface area contributed by atoms with Crippen molar-refractivity contribution >= 4 is 22.5 Å². The van der Waals surface area contributed by atoms with Crippen molar-refractivity contribution in [1.82, 2.24) is 4.98 Å². The van der Waals surface area contributed by atoms with E-state index in [1.165, 1.54) is 22.3 Å². The lowest BCUT2D eigenvalue weighted by Gasteiger charge is -2.22. The van der Waals surface area contributed by atoms with Gasteiger partial charge in [-0.2, -0.15) is 0 Å². The van der Waals surface area contributed by atoms with Crippen LogP contribution in [0.1, 0.15) is 25.0 Å². The Bertz CT molecular complexity index is 1480. The summed E-state index contributed by atoms with van der Waals surface area (Å²) in [6.45, 7) is 4.54. The van der Waals surface area contributed by atoms with Gasteiger partial charge in [0, 0.05) is 16.7 Å². The van der Waals surface area contributed by atoms with Gasteiger partial charge >= 0.3 is 0 Å². The van der Waals surface area contributed by atoms with E-state index in [1.54, 1.807) is 7.11 Å². The number of ether oxygens (including phenoxy) is 1. The quantitative estimate of drug-likeness (QED) is 0.318. The second-order valence-electron chi connectivity index (χ2n) is 8.92. The number of anilines is 2. The van der Waals surface area contributed by atoms with Crippen LogP contribution in [0.4, 0.5) is 11.4 Å². The number of hydrogen-bond donors (Lipinski definition) is 1. The maximum Gasteiger partial charge on any atom is 0.229 e. The molecule has 1 aliphatic rings. The Morgan fingerprint density at radius 1 is 0.788 bits per heavy atom. The van der Waals surface area contributed by atoms with E-state index in [0.717, 1.165) is 33.8 Å². The van der Waals surface area contributed by atoms with Gasteiger partial charge in [0.25, 0.3) is 0 Å². The first-order chi connectivity index (χ1) is 16.1. The molecule has 4 aromatic carbocycles. The summed E-state index contributed by atoms with van der Waals surface area (Å²) in [5.41, 5.74) is 9.51. The largest absolute Gasteiger partial charge is 0.497 e. The Balaban J connectivity index is 1.48. The Morgan fingerprint density at radius 2 is 1.58 bits per heavy atom. The number of nitrogens with zero attached hydrogens (tertiary/aromatic N) is 1. The third-order valence-electron chi connectivity index (χ3n) is 6.63. The highest BCUT2D eigenvalue weighted by atomic mass is 16.5. The summed E-state index contributed by atoms with van der Waals surface area (Å²) >= 11 is 0. The Kier molecular flexibility index (Phi) is 4.31. The van der Waals surface area contributed by atoms with E-state index in [4.69, 9.17) is 14.1 Å². The van der Waals surface area contributed by atoms with Crippen LogP contribution < -0.4 is 10.1 Å². The molecule has 0 spiro atoms. The van der Waals surface area contributed by atoms with Gasteiger partial charge in [0.2, 0.25) is 5.89 Å². The van der Waals surface area contributed by atoms with E-state index in [-0.39, 0.29) is 5.41 Å². The zero-order valence-corrected chi connectivity index (χ0v) is 18.8. The number of para-hydroxylation sites is 3. The topological polar surface area (TPSA) is 47.3 Å². The van der Waals surface area contributed by atoms with Crippen LogP contribution in [0.15, 0.2) is 89.3 Å². The van der Waals surface area contributed by atoms with E-state index in [1.807, 2.05) is 48.5 Å². The number of hydrogen-bond acceptors (Lipinski definition) is 4. The average Bonchev–Trinajstić information content (AvgIpc) is 3.37. The molecule has 0 aliphatic heterocycles. The lowest BCUT2D eigenvalue weighted by molar-refractivity contribution is 0.413. The Morgan fingerprint density at radius 3 is 2.42 bits per heavy atom. The molecule has 1 heterocycles. The van der Waals surface area contributed by atoms with Gasteiger partial charge in [-0.1, -0.05) is 56.3 Å². The lowest BCUT2D eigenvalue weighted by Crippen LogP contribution is -2.15. The zero-order chi connectivity index (χ0) is 22.6. The lowest BCUT2D eigenvalue weighted by atomic mass is 9.82. The third-order valence-corrected chi connectivity index (χ3v) is 6.63. The van der Waals surface area contributed by atoms with E-state index >= 15 is 0 Å². The molecule has 5 aromatic rings. The minimum absolute atomic E-state index is 0.114. The van der Waals surface area contributed by atoms with Crippen molar-refractivity contribution in [3.05, 3.63) is 96.1 Å². The number of rotatable bonds is 4. The highest BCUT2D eigenvalue weighted by Gasteiger charge is 2.37. The van der Waals surface area contributed by atoms with Crippen LogP contribution in [0.3, 0.4) is 0 Å². The average molecular weight is 433 g/mol. The van der Waals surface area contributed by atoms with E-state index in [2.05, 4.69) is 55.6 Å². The van der Waals surface area contributed by atoms with Crippen molar-refractivity contribution in [3.63, 3.8) is 0 Å². The second kappa shape index (κ2) is 7.24. The van der Waals surface area contributed by atoms with Crippen molar-refractivity contribution < 1.29 is 9.15 Å². The smallest absolute Gasteiger partial charge is 0.229 e. The summed E-state index contributed by atoms with van der Waals surface area (Å²) in [4.78, 5) is 4.72. The number of oxazole rings is 1. The molecule has 0 radical (unpaired) electrons. The van der Waals surface area contributed by atoms with Crippen LogP contribution in [0.5, 0.6) is 5.75 Å². The monoisotopic (exact) mass is 432 g/mol. The molecular formula is C29H24N2O2. The second-order valence-corrected chi connectivity index (χ2v) is 8.92. The van der Waals surface area contributed by atoms with Crippen molar-refractivity contribution in [2.45, 2.75) is 19.3 Å². The van der Waals surface area contributed by atoms with Gasteiger partial charge in [-0.3, -0.25) is 0 Å². The van der Waals surface area contributed by atoms with Crippen LogP contribution in [0.2, 0.25) is 0 Å². The predicted molar refractivity (Wildman–Crippen MR) is 133 cm³/mol. The summed E-state index contributed by atoms with van der Waals surface area (Å²) in [7, 11) is 1.72. The van der Waals surface area contributed by atoms with E-state index in [9.17, 15) is 0 Å². The van der Waals surface area contributed by atoms with Gasteiger partial charge in [-0.05, 0) is 59.2 Å². The first-order valence-electron chi connectivity index (χ1n) is 11.1. The minimum atomic E-state index is -0.114. The van der Waals surface area contributed by atoms with Crippen LogP contribution in [0.25, 0.3) is 33.7 Å². The molecule has 4 heteroatoms. The molecule has 1 N–H and O–H groups in total.